The molecular weight excluding hydrogens is 432 g/mol. The number of aryl methyl sites for hydroxylation is 3. The molecule has 9 nitrogen and oxygen atoms in total. The van der Waals surface area contributed by atoms with Crippen LogP contribution in [-0.2, 0) is 16.1 Å². The Kier molecular flexibility index (Phi) is 5.45. The number of nitrogens with zero attached hydrogens (tertiary/aromatic N) is 6. The van der Waals surface area contributed by atoms with Crippen LogP contribution < -0.4 is 0 Å². The summed E-state index contributed by atoms with van der Waals surface area (Å²) in [6.45, 7) is 4.74. The fraction of sp³-hybridized carbons (Fsp3) is 0.240. The number of aromatic nitrogens is 5. The van der Waals surface area contributed by atoms with E-state index >= 15 is 0 Å². The Balaban J connectivity index is 1.59. The van der Waals surface area contributed by atoms with Crippen LogP contribution in [-0.4, -0.2) is 52.2 Å². The Hall–Kier alpha value is -4.27. The molecule has 0 bridgehead atoms. The van der Waals surface area contributed by atoms with Gasteiger partial charge in [0.2, 0.25) is 0 Å². The second-order valence-electron chi connectivity index (χ2n) is 8.36. The number of rotatable bonds is 6. The third kappa shape index (κ3) is 3.55. The number of likely N-dealkylation sites (tertiary alicyclic amines) is 1. The van der Waals surface area contributed by atoms with Gasteiger partial charge in [-0.25, -0.2) is 9.97 Å². The van der Waals surface area contributed by atoms with Crippen LogP contribution in [0.25, 0.3) is 11.4 Å². The number of pyridine rings is 2. The summed E-state index contributed by atoms with van der Waals surface area (Å²) >= 11 is 0. The number of Topliss-reactive ketones (excluding diaryl/α,β-unsaturated/α-hetero) is 1. The fourth-order valence-corrected chi connectivity index (χ4v) is 4.51. The SMILES string of the molecule is Cc1cccn2c(C)c(C(O)=C3C(=O)C(=O)N(CCCn4ccnc4)C3c3cccnc3)nc12. The molecule has 1 aliphatic rings. The van der Waals surface area contributed by atoms with Gasteiger partial charge in [-0.2, -0.15) is 0 Å². The van der Waals surface area contributed by atoms with E-state index in [2.05, 4.69) is 15.0 Å². The first-order chi connectivity index (χ1) is 16.5. The van der Waals surface area contributed by atoms with Crippen molar-refractivity contribution >= 4 is 23.1 Å². The van der Waals surface area contributed by atoms with Crippen LogP contribution in [0, 0.1) is 13.8 Å². The Morgan fingerprint density at radius 3 is 2.62 bits per heavy atom. The number of aliphatic hydroxyl groups excluding tert-OH is 1. The zero-order chi connectivity index (χ0) is 23.8. The Morgan fingerprint density at radius 1 is 1.06 bits per heavy atom. The standard InChI is InChI=1S/C25H24N6O3/c1-16-6-4-11-30-17(2)20(28-24(16)30)22(32)19-21(18-7-3-8-26-14-18)31(25(34)23(19)33)12-5-10-29-13-9-27-15-29/h3-4,6-9,11,13-15,21,32H,5,10,12H2,1-2H3. The van der Waals surface area contributed by atoms with Crippen LogP contribution >= 0.6 is 0 Å². The zero-order valence-electron chi connectivity index (χ0n) is 18.9. The van der Waals surface area contributed by atoms with E-state index in [0.717, 1.165) is 5.56 Å². The molecular formula is C25H24N6O3. The maximum Gasteiger partial charge on any atom is 0.295 e. The molecule has 34 heavy (non-hydrogen) atoms. The van der Waals surface area contributed by atoms with Gasteiger partial charge in [0.05, 0.1) is 23.6 Å². The van der Waals surface area contributed by atoms with Crippen molar-refractivity contribution in [2.75, 3.05) is 6.54 Å². The highest BCUT2D eigenvalue weighted by Gasteiger charge is 2.46. The predicted octanol–water partition coefficient (Wildman–Crippen LogP) is 3.05. The first-order valence-corrected chi connectivity index (χ1v) is 11.1. The van der Waals surface area contributed by atoms with Crippen molar-refractivity contribution in [2.24, 2.45) is 0 Å². The van der Waals surface area contributed by atoms with Crippen molar-refractivity contribution in [2.45, 2.75) is 32.9 Å². The van der Waals surface area contributed by atoms with E-state index in [1.807, 2.05) is 47.3 Å². The largest absolute Gasteiger partial charge is 0.505 e. The lowest BCUT2D eigenvalue weighted by molar-refractivity contribution is -0.139. The third-order valence-electron chi connectivity index (χ3n) is 6.22. The summed E-state index contributed by atoms with van der Waals surface area (Å²) in [6.07, 6.45) is 11.0. The molecule has 1 N–H and O–H groups in total. The van der Waals surface area contributed by atoms with Gasteiger partial charge in [0.1, 0.15) is 11.3 Å². The summed E-state index contributed by atoms with van der Waals surface area (Å²) in [4.78, 5) is 40.7. The smallest absolute Gasteiger partial charge is 0.295 e. The summed E-state index contributed by atoms with van der Waals surface area (Å²) in [5.41, 5.74) is 3.29. The minimum absolute atomic E-state index is 0.0322. The summed E-state index contributed by atoms with van der Waals surface area (Å²) < 4.78 is 3.78. The first-order valence-electron chi connectivity index (χ1n) is 11.1. The molecule has 4 aromatic heterocycles. The number of fused-ring (bicyclic) bond motifs is 1. The Bertz CT molecular complexity index is 1410. The maximum atomic E-state index is 13.2. The molecule has 1 atom stereocenters. The second kappa shape index (κ2) is 8.58. The molecule has 172 valence electrons. The molecule has 1 saturated heterocycles. The van der Waals surface area contributed by atoms with Crippen molar-refractivity contribution in [3.05, 3.63) is 89.7 Å². The molecule has 4 aromatic rings. The summed E-state index contributed by atoms with van der Waals surface area (Å²) in [6, 6.07) is 6.64. The van der Waals surface area contributed by atoms with E-state index in [1.54, 1.807) is 37.1 Å². The number of hydrogen-bond acceptors (Lipinski definition) is 6. The van der Waals surface area contributed by atoms with Crippen molar-refractivity contribution in [3.8, 4) is 0 Å². The zero-order valence-corrected chi connectivity index (χ0v) is 18.9. The van der Waals surface area contributed by atoms with E-state index in [0.29, 0.717) is 42.1 Å². The number of aliphatic hydroxyl groups is 1. The molecule has 1 fully saturated rings. The van der Waals surface area contributed by atoms with Crippen LogP contribution in [0.1, 0.15) is 35.0 Å². The predicted molar refractivity (Wildman–Crippen MR) is 125 cm³/mol. The van der Waals surface area contributed by atoms with Gasteiger partial charge in [-0.05, 0) is 43.5 Å². The quantitative estimate of drug-likeness (QED) is 0.272. The van der Waals surface area contributed by atoms with E-state index in [9.17, 15) is 14.7 Å². The molecule has 1 amide bonds. The Labute approximate surface area is 196 Å². The van der Waals surface area contributed by atoms with Crippen LogP contribution in [0.5, 0.6) is 0 Å². The van der Waals surface area contributed by atoms with Crippen molar-refractivity contribution in [1.82, 2.24) is 28.8 Å². The van der Waals surface area contributed by atoms with Crippen molar-refractivity contribution in [1.29, 1.82) is 0 Å². The average Bonchev–Trinajstić information content (AvgIpc) is 3.54. The van der Waals surface area contributed by atoms with Gasteiger partial charge >= 0.3 is 0 Å². The van der Waals surface area contributed by atoms with Crippen molar-refractivity contribution < 1.29 is 14.7 Å². The molecule has 0 saturated carbocycles. The lowest BCUT2D eigenvalue weighted by atomic mass is 9.97. The summed E-state index contributed by atoms with van der Waals surface area (Å²) in [7, 11) is 0. The van der Waals surface area contributed by atoms with Crippen LogP contribution in [0.3, 0.4) is 0 Å². The molecule has 1 unspecified atom stereocenters. The first kappa shape index (κ1) is 21.6. The highest BCUT2D eigenvalue weighted by Crippen LogP contribution is 2.39. The topological polar surface area (TPSA) is 106 Å². The lowest BCUT2D eigenvalue weighted by Gasteiger charge is -2.25. The van der Waals surface area contributed by atoms with Gasteiger partial charge in [-0.1, -0.05) is 12.1 Å². The van der Waals surface area contributed by atoms with E-state index in [-0.39, 0.29) is 11.3 Å². The number of ketones is 1. The molecule has 9 heteroatoms. The highest BCUT2D eigenvalue weighted by molar-refractivity contribution is 6.46. The molecule has 0 aromatic carbocycles. The van der Waals surface area contributed by atoms with E-state index in [4.69, 9.17) is 0 Å². The maximum absolute atomic E-state index is 13.2. The fourth-order valence-electron chi connectivity index (χ4n) is 4.51. The number of carbonyl (C=O) groups is 2. The Morgan fingerprint density at radius 2 is 1.91 bits per heavy atom. The summed E-state index contributed by atoms with van der Waals surface area (Å²) in [5.74, 6) is -1.63. The monoisotopic (exact) mass is 456 g/mol. The molecule has 5 heterocycles. The van der Waals surface area contributed by atoms with E-state index < -0.39 is 17.7 Å². The van der Waals surface area contributed by atoms with Gasteiger partial charge in [0, 0.05) is 44.1 Å². The van der Waals surface area contributed by atoms with Crippen molar-refractivity contribution in [3.63, 3.8) is 0 Å². The number of amides is 1. The van der Waals surface area contributed by atoms with Crippen LogP contribution in [0.15, 0.2) is 67.2 Å². The number of hydrogen-bond donors (Lipinski definition) is 1. The third-order valence-corrected chi connectivity index (χ3v) is 6.22. The second-order valence-corrected chi connectivity index (χ2v) is 8.36. The van der Waals surface area contributed by atoms with E-state index in [1.165, 1.54) is 4.90 Å². The van der Waals surface area contributed by atoms with Crippen LogP contribution in [0.4, 0.5) is 0 Å². The minimum atomic E-state index is -0.748. The van der Waals surface area contributed by atoms with Gasteiger partial charge < -0.3 is 19.0 Å². The molecule has 0 aliphatic carbocycles. The molecule has 5 rings (SSSR count). The van der Waals surface area contributed by atoms with Gasteiger partial charge in [-0.3, -0.25) is 14.6 Å². The molecule has 0 spiro atoms. The van der Waals surface area contributed by atoms with Crippen LogP contribution in [0.2, 0.25) is 0 Å². The number of carbonyl (C=O) groups excluding carboxylic acids is 2. The highest BCUT2D eigenvalue weighted by atomic mass is 16.3. The minimum Gasteiger partial charge on any atom is -0.505 e. The van der Waals surface area contributed by atoms with Gasteiger partial charge in [0.25, 0.3) is 11.7 Å². The van der Waals surface area contributed by atoms with Gasteiger partial charge in [-0.15, -0.1) is 0 Å². The molecule has 0 radical (unpaired) electrons. The number of imidazole rings is 2. The lowest BCUT2D eigenvalue weighted by Crippen LogP contribution is -2.31. The summed E-state index contributed by atoms with van der Waals surface area (Å²) in [5, 5.41) is 11.4. The molecule has 1 aliphatic heterocycles. The normalized spacial score (nSPS) is 17.7. The average molecular weight is 457 g/mol. The van der Waals surface area contributed by atoms with Gasteiger partial charge in [0.15, 0.2) is 5.76 Å².